The zero-order chi connectivity index (χ0) is 29.8. The Kier molecular flexibility index (Phi) is 8.41. The maximum absolute atomic E-state index is 13.6. The minimum atomic E-state index is -1.04. The number of nitrogens with two attached hydrogens (primary N) is 1. The number of fused-ring (bicyclic) bond motifs is 1. The zero-order valence-electron chi connectivity index (χ0n) is 23.6. The van der Waals surface area contributed by atoms with E-state index in [1.165, 1.54) is 30.6 Å². The zero-order valence-corrected chi connectivity index (χ0v) is 24.4. The Labute approximate surface area is 252 Å². The van der Waals surface area contributed by atoms with Crippen LogP contribution < -0.4 is 15.8 Å². The number of carboxylic acid groups (broad SMARTS) is 1. The van der Waals surface area contributed by atoms with Crippen molar-refractivity contribution in [3.05, 3.63) is 83.3 Å². The summed E-state index contributed by atoms with van der Waals surface area (Å²) in [5.74, 6) is 0.0948. The van der Waals surface area contributed by atoms with Gasteiger partial charge in [-0.25, -0.2) is 14.8 Å². The third-order valence-electron chi connectivity index (χ3n) is 7.80. The van der Waals surface area contributed by atoms with Gasteiger partial charge in [0.15, 0.2) is 11.7 Å². The van der Waals surface area contributed by atoms with Crippen molar-refractivity contribution in [3.63, 3.8) is 0 Å². The van der Waals surface area contributed by atoms with E-state index in [0.717, 1.165) is 46.5 Å². The Bertz CT molecular complexity index is 1700. The fourth-order valence-corrected chi connectivity index (χ4v) is 6.38. The Balaban J connectivity index is 1.24. The summed E-state index contributed by atoms with van der Waals surface area (Å²) < 4.78 is 13.0. The molecule has 0 spiro atoms. The fourth-order valence-electron chi connectivity index (χ4n) is 5.81. The van der Waals surface area contributed by atoms with E-state index in [1.54, 1.807) is 24.7 Å². The molecule has 10 nitrogen and oxygen atoms in total. The summed E-state index contributed by atoms with van der Waals surface area (Å²) in [4.78, 5) is 33.8. The largest absolute Gasteiger partial charge is 0.482 e. The molecule has 1 fully saturated rings. The van der Waals surface area contributed by atoms with Crippen molar-refractivity contribution in [1.82, 2.24) is 19.9 Å². The van der Waals surface area contributed by atoms with Crippen LogP contribution >= 0.6 is 11.3 Å². The number of benzene rings is 2. The van der Waals surface area contributed by atoms with Crippen molar-refractivity contribution >= 4 is 39.4 Å². The van der Waals surface area contributed by atoms with Gasteiger partial charge in [0.05, 0.1) is 28.6 Å². The fraction of sp³-hybridized carbons (Fsp3) is 0.312. The molecular formula is C32H33N5O5S. The van der Waals surface area contributed by atoms with Crippen molar-refractivity contribution in [1.29, 1.82) is 0 Å². The molecule has 0 bridgehead atoms. The molecule has 222 valence electrons. The van der Waals surface area contributed by atoms with Crippen LogP contribution in [0.1, 0.15) is 59.8 Å². The van der Waals surface area contributed by atoms with E-state index in [-0.39, 0.29) is 11.9 Å². The smallest absolute Gasteiger partial charge is 0.341 e. The van der Waals surface area contributed by atoms with E-state index in [0.29, 0.717) is 35.3 Å². The van der Waals surface area contributed by atoms with Crippen molar-refractivity contribution in [3.8, 4) is 17.1 Å². The number of carbonyl (C=O) groups is 2. The van der Waals surface area contributed by atoms with E-state index in [2.05, 4.69) is 14.9 Å². The normalized spacial score (nSPS) is 14.5. The lowest BCUT2D eigenvalue weighted by Gasteiger charge is -2.25. The number of nitrogen functional groups attached to an aromatic ring is 1. The molecule has 6 rings (SSSR count). The van der Waals surface area contributed by atoms with E-state index in [9.17, 15) is 9.59 Å². The lowest BCUT2D eigenvalue weighted by atomic mass is 9.95. The molecule has 1 amide bonds. The first-order valence-corrected chi connectivity index (χ1v) is 15.3. The molecule has 4 N–H and O–H groups in total. The second kappa shape index (κ2) is 12.7. The van der Waals surface area contributed by atoms with Crippen LogP contribution in [0.3, 0.4) is 0 Å². The highest BCUT2D eigenvalue weighted by Crippen LogP contribution is 2.36. The number of imidazole rings is 1. The number of rotatable bonds is 11. The van der Waals surface area contributed by atoms with Gasteiger partial charge in [0.2, 0.25) is 0 Å². The first-order valence-electron chi connectivity index (χ1n) is 14.4. The molecule has 1 aliphatic rings. The van der Waals surface area contributed by atoms with Crippen LogP contribution in [0.25, 0.3) is 22.4 Å². The first kappa shape index (κ1) is 28.5. The number of carbonyl (C=O) groups excluding carboxylic acids is 1. The molecule has 2 aromatic carbocycles. The third-order valence-corrected chi connectivity index (χ3v) is 8.52. The number of hydrogen-bond donors (Lipinski definition) is 3. The Morgan fingerprint density at radius 2 is 1.91 bits per heavy atom. The van der Waals surface area contributed by atoms with E-state index in [1.807, 2.05) is 41.8 Å². The number of furan rings is 1. The quantitative estimate of drug-likeness (QED) is 0.170. The van der Waals surface area contributed by atoms with Gasteiger partial charge in [-0.15, -0.1) is 11.3 Å². The first-order chi connectivity index (χ1) is 20.9. The van der Waals surface area contributed by atoms with Gasteiger partial charge in [-0.05, 0) is 61.2 Å². The monoisotopic (exact) mass is 599 g/mol. The molecule has 1 saturated carbocycles. The van der Waals surface area contributed by atoms with Crippen LogP contribution in [0.5, 0.6) is 5.75 Å². The number of anilines is 1. The van der Waals surface area contributed by atoms with Crippen molar-refractivity contribution in [2.24, 2.45) is 0 Å². The Morgan fingerprint density at radius 3 is 2.60 bits per heavy atom. The number of aliphatic carboxylic acids is 1. The summed E-state index contributed by atoms with van der Waals surface area (Å²) in [5.41, 5.74) is 10.9. The Morgan fingerprint density at radius 1 is 1.09 bits per heavy atom. The number of aromatic nitrogens is 3. The number of nitrogens with zero attached hydrogens (tertiary/aromatic N) is 3. The number of thiazole rings is 1. The highest BCUT2D eigenvalue weighted by atomic mass is 32.1. The summed E-state index contributed by atoms with van der Waals surface area (Å²) >= 11 is 1.37. The van der Waals surface area contributed by atoms with E-state index < -0.39 is 12.6 Å². The number of nitrogens with one attached hydrogen (secondary N) is 1. The number of hydrogen-bond acceptors (Lipinski definition) is 8. The lowest BCUT2D eigenvalue weighted by Crippen LogP contribution is -2.38. The van der Waals surface area contributed by atoms with Gasteiger partial charge >= 0.3 is 5.97 Å². The molecule has 1 atom stereocenters. The Hall–Kier alpha value is -4.64. The molecule has 43 heavy (non-hydrogen) atoms. The van der Waals surface area contributed by atoms with Crippen LogP contribution in [-0.2, 0) is 17.6 Å². The molecule has 0 saturated heterocycles. The van der Waals surface area contributed by atoms with Crippen molar-refractivity contribution in [2.75, 3.05) is 12.3 Å². The molecule has 11 heteroatoms. The summed E-state index contributed by atoms with van der Waals surface area (Å²) in [6.07, 6.45) is 10.3. The second-order valence-corrected chi connectivity index (χ2v) is 11.8. The van der Waals surface area contributed by atoms with E-state index >= 15 is 0 Å². The van der Waals surface area contributed by atoms with Crippen molar-refractivity contribution in [2.45, 2.75) is 57.0 Å². The highest BCUT2D eigenvalue weighted by Gasteiger charge is 2.24. The minimum absolute atomic E-state index is 0.200. The van der Waals surface area contributed by atoms with Crippen LogP contribution in [0.2, 0.25) is 0 Å². The van der Waals surface area contributed by atoms with Crippen LogP contribution in [0.15, 0.2) is 70.9 Å². The maximum atomic E-state index is 13.6. The van der Waals surface area contributed by atoms with Gasteiger partial charge in [-0.3, -0.25) is 4.79 Å². The highest BCUT2D eigenvalue weighted by molar-refractivity contribution is 7.13. The average molecular weight is 600 g/mol. The van der Waals surface area contributed by atoms with Crippen LogP contribution in [0, 0.1) is 0 Å². The molecule has 0 radical (unpaired) electrons. The van der Waals surface area contributed by atoms with Gasteiger partial charge in [0.1, 0.15) is 17.8 Å². The average Bonchev–Trinajstić information content (AvgIpc) is 3.77. The molecule has 0 unspecified atom stereocenters. The predicted octanol–water partition coefficient (Wildman–Crippen LogP) is 5.89. The lowest BCUT2D eigenvalue weighted by molar-refractivity contribution is -0.139. The summed E-state index contributed by atoms with van der Waals surface area (Å²) in [6.45, 7) is -0.407. The molecular weight excluding hydrogens is 566 g/mol. The van der Waals surface area contributed by atoms with E-state index in [4.69, 9.17) is 25.0 Å². The maximum Gasteiger partial charge on any atom is 0.341 e. The van der Waals surface area contributed by atoms with Crippen LogP contribution in [0.4, 0.5) is 5.13 Å². The number of amides is 1. The number of ether oxygens (including phenoxy) is 1. The van der Waals surface area contributed by atoms with Crippen LogP contribution in [-0.4, -0.2) is 44.2 Å². The second-order valence-electron chi connectivity index (χ2n) is 10.9. The molecule has 3 aromatic heterocycles. The van der Waals surface area contributed by atoms with Crippen molar-refractivity contribution < 1.29 is 23.8 Å². The SMILES string of the molecule is Nc1nc(C[C@H](Cc2ccc(OCC(=O)O)cc2)NC(=O)c2ccc3c(c2)nc(-c2ccoc2)n3C2CCCCC2)cs1. The van der Waals surface area contributed by atoms with Gasteiger partial charge in [-0.2, -0.15) is 0 Å². The molecule has 1 aliphatic carbocycles. The van der Waals surface area contributed by atoms with Gasteiger partial charge in [0.25, 0.3) is 5.91 Å². The topological polar surface area (TPSA) is 146 Å². The summed E-state index contributed by atoms with van der Waals surface area (Å²) in [7, 11) is 0. The van der Waals surface area contributed by atoms with Gasteiger partial charge in [0, 0.05) is 29.4 Å². The molecule has 5 aromatic rings. The molecule has 0 aliphatic heterocycles. The summed E-state index contributed by atoms with van der Waals surface area (Å²) in [5, 5.41) is 14.4. The standard InChI is InChI=1S/C32H33N5O5S/c33-32-35-24(19-43-32)16-23(14-20-6-9-26(10-7-20)42-18-29(38)39)34-31(40)21-8-11-28-27(15-21)36-30(22-12-13-41-17-22)37(28)25-4-2-1-3-5-25/h6-13,15,17,19,23,25H,1-5,14,16,18H2,(H2,33,35)(H,34,40)(H,38,39)/t23-/m0/s1. The molecule has 3 heterocycles. The van der Waals surface area contributed by atoms with Gasteiger partial charge < -0.3 is 29.9 Å². The number of carboxylic acids is 1. The minimum Gasteiger partial charge on any atom is -0.482 e. The van der Waals surface area contributed by atoms with Gasteiger partial charge in [-0.1, -0.05) is 31.4 Å². The predicted molar refractivity (Wildman–Crippen MR) is 164 cm³/mol. The summed E-state index contributed by atoms with van der Waals surface area (Å²) in [6, 6.07) is 14.9. The third kappa shape index (κ3) is 6.72.